The van der Waals surface area contributed by atoms with Crippen LogP contribution in [0.2, 0.25) is 0 Å². The number of anilines is 2. The topological polar surface area (TPSA) is 92.4 Å². The summed E-state index contributed by atoms with van der Waals surface area (Å²) in [4.78, 5) is 17.2. The third-order valence-electron chi connectivity index (χ3n) is 8.44. The number of nitrogens with one attached hydrogen (secondary N) is 1. The molecule has 46 heavy (non-hydrogen) atoms. The molecule has 0 amide bonds. The number of alkyl halides is 2. The molecule has 2 aromatic carbocycles. The molecule has 0 saturated carbocycles. The van der Waals surface area contributed by atoms with Crippen LogP contribution >= 0.6 is 0 Å². The van der Waals surface area contributed by atoms with Crippen LogP contribution in [-0.4, -0.2) is 72.3 Å². The Morgan fingerprint density at radius 3 is 2.43 bits per heavy atom. The van der Waals surface area contributed by atoms with E-state index in [2.05, 4.69) is 38.1 Å². The van der Waals surface area contributed by atoms with E-state index >= 15 is 4.39 Å². The van der Waals surface area contributed by atoms with Gasteiger partial charge in [0.25, 0.3) is 0 Å². The van der Waals surface area contributed by atoms with Gasteiger partial charge in [0, 0.05) is 16.6 Å². The standard InChI is InChI=1S/C27H22F4N6O.C5H11N.C2H6/c1-3-14-16(28)8-7-12-9-13(32)10-15(20(12)14)23-22(30)24-21-17(33-23)5-4-6-18-25(31)34-19(29)11-37(18)26(21)36-27(35-24)38-2;1-6-4-2-3-5-6;1-2/h1,7-10,18-19,25,34H,4-6,11,32H2,2H3;2-5H2,1H3;1-2H3. The molecule has 3 atom stereocenters. The molecule has 3 N–H and O–H groups in total. The lowest BCUT2D eigenvalue weighted by molar-refractivity contribution is 0.105. The van der Waals surface area contributed by atoms with Crippen LogP contribution < -0.4 is 20.7 Å². The van der Waals surface area contributed by atoms with Gasteiger partial charge in [0.15, 0.2) is 18.4 Å². The highest BCUT2D eigenvalue weighted by molar-refractivity contribution is 6.04. The van der Waals surface area contributed by atoms with Crippen molar-refractivity contribution in [3.05, 3.63) is 47.2 Å². The average molecular weight is 638 g/mol. The molecule has 0 bridgehead atoms. The summed E-state index contributed by atoms with van der Waals surface area (Å²) in [5, 5.41) is 3.34. The highest BCUT2D eigenvalue weighted by Gasteiger charge is 2.39. The third kappa shape index (κ3) is 6.26. The normalized spacial score (nSPS) is 20.8. The Morgan fingerprint density at radius 2 is 1.78 bits per heavy atom. The number of fused-ring (bicyclic) bond motifs is 3. The average Bonchev–Trinajstić information content (AvgIpc) is 3.53. The number of nitrogens with zero attached hydrogens (tertiary/aromatic N) is 5. The van der Waals surface area contributed by atoms with E-state index in [4.69, 9.17) is 16.9 Å². The lowest BCUT2D eigenvalue weighted by atomic mass is 9.94. The van der Waals surface area contributed by atoms with E-state index in [0.717, 1.165) is 0 Å². The Morgan fingerprint density at radius 1 is 1.04 bits per heavy atom. The predicted molar refractivity (Wildman–Crippen MR) is 174 cm³/mol. The maximum absolute atomic E-state index is 16.4. The summed E-state index contributed by atoms with van der Waals surface area (Å²) in [7, 11) is 3.49. The van der Waals surface area contributed by atoms with E-state index < -0.39 is 30.3 Å². The fourth-order valence-corrected chi connectivity index (χ4v) is 6.36. The first-order chi connectivity index (χ1) is 22.2. The molecule has 0 spiro atoms. The minimum atomic E-state index is -1.66. The third-order valence-corrected chi connectivity index (χ3v) is 8.44. The second kappa shape index (κ2) is 14.1. The Hall–Kier alpha value is -4.21. The summed E-state index contributed by atoms with van der Waals surface area (Å²) >= 11 is 0. The van der Waals surface area contributed by atoms with E-state index in [1.165, 1.54) is 56.1 Å². The monoisotopic (exact) mass is 637 g/mol. The summed E-state index contributed by atoms with van der Waals surface area (Å²) < 4.78 is 65.6. The smallest absolute Gasteiger partial charge is 0.318 e. The number of halogens is 4. The van der Waals surface area contributed by atoms with Crippen molar-refractivity contribution in [3.63, 3.8) is 0 Å². The first kappa shape index (κ1) is 33.2. The van der Waals surface area contributed by atoms with Crippen LogP contribution in [0.5, 0.6) is 6.01 Å². The van der Waals surface area contributed by atoms with Crippen molar-refractivity contribution in [2.75, 3.05) is 44.4 Å². The molecule has 2 saturated heterocycles. The first-order valence-electron chi connectivity index (χ1n) is 15.6. The fraction of sp³-hybridized carbons (Fsp3) is 0.441. The van der Waals surface area contributed by atoms with Gasteiger partial charge in [0.1, 0.15) is 22.8 Å². The van der Waals surface area contributed by atoms with Gasteiger partial charge in [-0.2, -0.15) is 9.97 Å². The van der Waals surface area contributed by atoms with Crippen molar-refractivity contribution >= 4 is 33.2 Å². The van der Waals surface area contributed by atoms with E-state index in [9.17, 15) is 13.2 Å². The maximum Gasteiger partial charge on any atom is 0.318 e. The Balaban J connectivity index is 0.000000462. The highest BCUT2D eigenvalue weighted by Crippen LogP contribution is 2.41. The van der Waals surface area contributed by atoms with Crippen LogP contribution in [0.4, 0.5) is 29.1 Å². The largest absolute Gasteiger partial charge is 0.467 e. The van der Waals surface area contributed by atoms with Gasteiger partial charge in [0.2, 0.25) is 0 Å². The number of rotatable bonds is 2. The van der Waals surface area contributed by atoms with Gasteiger partial charge in [0.05, 0.1) is 36.3 Å². The minimum absolute atomic E-state index is 0.0472. The number of benzene rings is 2. The van der Waals surface area contributed by atoms with Crippen LogP contribution in [0.3, 0.4) is 0 Å². The number of aryl methyl sites for hydroxylation is 1. The molecule has 3 aliphatic rings. The molecule has 2 aromatic heterocycles. The second-order valence-electron chi connectivity index (χ2n) is 11.4. The van der Waals surface area contributed by atoms with Crippen LogP contribution in [0.25, 0.3) is 32.9 Å². The molecule has 244 valence electrons. The summed E-state index contributed by atoms with van der Waals surface area (Å²) in [6, 6.07) is 4.95. The number of hydrogen-bond acceptors (Lipinski definition) is 8. The number of likely N-dealkylation sites (tertiary alicyclic amines) is 1. The van der Waals surface area contributed by atoms with E-state index in [0.29, 0.717) is 36.0 Å². The summed E-state index contributed by atoms with van der Waals surface area (Å²) in [6.45, 7) is 6.44. The van der Waals surface area contributed by atoms with Crippen LogP contribution in [-0.2, 0) is 6.42 Å². The van der Waals surface area contributed by atoms with Gasteiger partial charge in [-0.1, -0.05) is 25.8 Å². The SMILES string of the molecule is C#Cc1c(F)ccc2cc(N)cc(-c3nc4c5c(nc(OC)nc5c3F)N3CC(F)NC(F)C3CCC4)c12.CC.CN1CCCC1. The molecule has 7 rings (SSSR count). The van der Waals surface area contributed by atoms with Gasteiger partial charge >= 0.3 is 6.01 Å². The lowest BCUT2D eigenvalue weighted by Gasteiger charge is -2.42. The molecule has 3 aliphatic heterocycles. The van der Waals surface area contributed by atoms with Gasteiger partial charge in [-0.05, 0) is 75.8 Å². The zero-order valence-electron chi connectivity index (χ0n) is 26.5. The summed E-state index contributed by atoms with van der Waals surface area (Å²) in [5.74, 6) is 1.02. The molecule has 2 fully saturated rings. The molecule has 3 unspecified atom stereocenters. The fourth-order valence-electron chi connectivity index (χ4n) is 6.36. The minimum Gasteiger partial charge on any atom is -0.467 e. The number of ether oxygens (including phenoxy) is 1. The van der Waals surface area contributed by atoms with Crippen LogP contribution in [0.1, 0.15) is 50.8 Å². The number of nitrogen functional groups attached to an aromatic ring is 1. The van der Waals surface area contributed by atoms with Gasteiger partial charge in [-0.25, -0.2) is 22.5 Å². The van der Waals surface area contributed by atoms with E-state index in [-0.39, 0.29) is 51.5 Å². The van der Waals surface area contributed by atoms with Crippen molar-refractivity contribution in [1.29, 1.82) is 0 Å². The Bertz CT molecular complexity index is 1770. The zero-order chi connectivity index (χ0) is 33.1. The number of nitrogens with two attached hydrogens (primary N) is 1. The lowest BCUT2D eigenvalue weighted by Crippen LogP contribution is -2.60. The van der Waals surface area contributed by atoms with Crippen LogP contribution in [0.15, 0.2) is 24.3 Å². The molecular weight excluding hydrogens is 598 g/mol. The van der Waals surface area contributed by atoms with Crippen molar-refractivity contribution in [3.8, 4) is 29.6 Å². The van der Waals surface area contributed by atoms with Gasteiger partial charge in [-0.15, -0.1) is 6.42 Å². The maximum atomic E-state index is 16.4. The summed E-state index contributed by atoms with van der Waals surface area (Å²) in [6.07, 6.45) is 6.35. The van der Waals surface area contributed by atoms with Crippen molar-refractivity contribution in [2.24, 2.45) is 0 Å². The molecule has 4 aromatic rings. The van der Waals surface area contributed by atoms with Crippen LogP contribution in [0, 0.1) is 24.0 Å². The molecular formula is C34H39F4N7O. The van der Waals surface area contributed by atoms with Crippen molar-refractivity contribution < 1.29 is 22.3 Å². The highest BCUT2D eigenvalue weighted by atomic mass is 19.2. The van der Waals surface area contributed by atoms with Gasteiger partial charge in [-0.3, -0.25) is 5.32 Å². The predicted octanol–water partition coefficient (Wildman–Crippen LogP) is 6.14. The Kier molecular flexibility index (Phi) is 10.1. The molecule has 0 aliphatic carbocycles. The molecule has 5 heterocycles. The molecule has 0 radical (unpaired) electrons. The number of aromatic nitrogens is 3. The van der Waals surface area contributed by atoms with Crippen molar-refractivity contribution in [1.82, 2.24) is 25.2 Å². The molecule has 8 nitrogen and oxygen atoms in total. The Labute approximate surface area is 266 Å². The quantitative estimate of drug-likeness (QED) is 0.117. The number of piperazine rings is 1. The number of hydrogen-bond donors (Lipinski definition) is 2. The number of terminal acetylenes is 1. The number of methoxy groups -OCH3 is 1. The second-order valence-corrected chi connectivity index (χ2v) is 11.4. The van der Waals surface area contributed by atoms with Gasteiger partial charge < -0.3 is 20.3 Å². The first-order valence-corrected chi connectivity index (χ1v) is 15.6. The zero-order valence-corrected chi connectivity index (χ0v) is 26.5. The van der Waals surface area contributed by atoms with Crippen molar-refractivity contribution in [2.45, 2.75) is 64.6 Å². The summed E-state index contributed by atoms with van der Waals surface area (Å²) in [5.41, 5.74) is 6.77. The number of pyridine rings is 1. The van der Waals surface area contributed by atoms with E-state index in [1.54, 1.807) is 6.07 Å². The van der Waals surface area contributed by atoms with E-state index in [1.807, 2.05) is 13.8 Å². The molecule has 12 heteroatoms.